The van der Waals surface area contributed by atoms with Crippen LogP contribution in [0.4, 0.5) is 5.69 Å². The summed E-state index contributed by atoms with van der Waals surface area (Å²) in [4.78, 5) is 31.1. The Hall–Kier alpha value is -2.63. The lowest BCUT2D eigenvalue weighted by Gasteiger charge is -2.28. The van der Waals surface area contributed by atoms with E-state index in [0.717, 1.165) is 33.5 Å². The van der Waals surface area contributed by atoms with Gasteiger partial charge in [0.2, 0.25) is 5.91 Å². The highest BCUT2D eigenvalue weighted by molar-refractivity contribution is 6.33. The summed E-state index contributed by atoms with van der Waals surface area (Å²) in [6.45, 7) is 7.43. The van der Waals surface area contributed by atoms with Gasteiger partial charge in [-0.1, -0.05) is 23.7 Å². The maximum absolute atomic E-state index is 13.1. The van der Waals surface area contributed by atoms with Gasteiger partial charge in [0.1, 0.15) is 0 Å². The van der Waals surface area contributed by atoms with E-state index in [1.807, 2.05) is 56.0 Å². The number of aromatic nitrogens is 1. The predicted molar refractivity (Wildman–Crippen MR) is 118 cm³/mol. The summed E-state index contributed by atoms with van der Waals surface area (Å²) in [5.74, 6) is -0.136. The van der Waals surface area contributed by atoms with Crippen molar-refractivity contribution in [3.63, 3.8) is 0 Å². The fourth-order valence-electron chi connectivity index (χ4n) is 3.89. The molecule has 1 amide bonds. The minimum Gasteiger partial charge on any atom is -0.358 e. The molecule has 0 fully saturated rings. The lowest BCUT2D eigenvalue weighted by atomic mass is 9.99. The number of hydrogen-bond donors (Lipinski definition) is 2. The molecule has 5 nitrogen and oxygen atoms in total. The summed E-state index contributed by atoms with van der Waals surface area (Å²) in [6, 6.07) is 9.42. The van der Waals surface area contributed by atoms with Gasteiger partial charge >= 0.3 is 0 Å². The highest BCUT2D eigenvalue weighted by Gasteiger charge is 2.23. The monoisotopic (exact) mass is 409 g/mol. The van der Waals surface area contributed by atoms with Crippen LogP contribution in [0.5, 0.6) is 0 Å². The second kappa shape index (κ2) is 7.65. The average Bonchev–Trinajstić information content (AvgIpc) is 2.68. The zero-order valence-electron chi connectivity index (χ0n) is 16.9. The van der Waals surface area contributed by atoms with Crippen LogP contribution in [0, 0.1) is 20.8 Å². The Kier molecular flexibility index (Phi) is 5.19. The lowest BCUT2D eigenvalue weighted by Crippen LogP contribution is -2.39. The fraction of sp³-hybridized carbons (Fsp3) is 0.304. The molecule has 0 unspecified atom stereocenters. The number of nitrogens with zero attached hydrogens (tertiary/aromatic N) is 1. The third kappa shape index (κ3) is 3.80. The molecule has 150 valence electrons. The van der Waals surface area contributed by atoms with Gasteiger partial charge in [0.25, 0.3) is 0 Å². The number of carbonyl (C=O) groups excluding carboxylic acids is 1. The van der Waals surface area contributed by atoms with Crippen LogP contribution in [0.15, 0.2) is 35.1 Å². The number of nitrogens with one attached hydrogen (secondary N) is 2. The number of fused-ring (bicyclic) bond motifs is 2. The smallest absolute Gasteiger partial charge is 0.238 e. The van der Waals surface area contributed by atoms with Crippen molar-refractivity contribution in [3.05, 3.63) is 73.5 Å². The minimum absolute atomic E-state index is 0.0588. The second-order valence-corrected chi connectivity index (χ2v) is 8.24. The number of aromatic amines is 1. The molecule has 0 bridgehead atoms. The summed E-state index contributed by atoms with van der Waals surface area (Å²) >= 11 is 6.21. The fourth-order valence-corrected chi connectivity index (χ4v) is 4.18. The number of amides is 1. The molecule has 0 radical (unpaired) electrons. The maximum atomic E-state index is 13.1. The normalized spacial score (nSPS) is 14.1. The Bertz CT molecular complexity index is 1180. The molecule has 2 aromatic carbocycles. The van der Waals surface area contributed by atoms with E-state index in [2.05, 4.69) is 10.3 Å². The van der Waals surface area contributed by atoms with Crippen LogP contribution in [0.3, 0.4) is 0 Å². The van der Waals surface area contributed by atoms with Crippen LogP contribution in [0.1, 0.15) is 27.9 Å². The molecule has 4 rings (SSSR count). The number of benzene rings is 2. The predicted octanol–water partition coefficient (Wildman–Crippen LogP) is 4.10. The molecule has 0 atom stereocenters. The van der Waals surface area contributed by atoms with Crippen LogP contribution in [0.2, 0.25) is 5.02 Å². The first-order valence-electron chi connectivity index (χ1n) is 9.76. The number of pyridine rings is 1. The number of H-pyrrole nitrogens is 1. The molecule has 1 aromatic heterocycles. The van der Waals surface area contributed by atoms with Gasteiger partial charge in [0.15, 0.2) is 5.43 Å². The Morgan fingerprint density at radius 1 is 1.21 bits per heavy atom. The van der Waals surface area contributed by atoms with Crippen molar-refractivity contribution in [2.75, 3.05) is 18.4 Å². The van der Waals surface area contributed by atoms with Gasteiger partial charge in [-0.05, 0) is 55.7 Å². The quantitative estimate of drug-likeness (QED) is 0.684. The van der Waals surface area contributed by atoms with E-state index in [4.69, 9.17) is 11.6 Å². The summed E-state index contributed by atoms with van der Waals surface area (Å²) in [7, 11) is 0. The van der Waals surface area contributed by atoms with Gasteiger partial charge in [-0.15, -0.1) is 0 Å². The van der Waals surface area contributed by atoms with Crippen molar-refractivity contribution in [3.8, 4) is 0 Å². The first-order chi connectivity index (χ1) is 13.8. The van der Waals surface area contributed by atoms with Gasteiger partial charge in [-0.25, -0.2) is 0 Å². The maximum Gasteiger partial charge on any atom is 0.238 e. The van der Waals surface area contributed by atoms with E-state index in [0.29, 0.717) is 35.6 Å². The topological polar surface area (TPSA) is 65.2 Å². The standard InChI is InChI=1S/C23H24ClN3O2/c1-13-4-7-20(18(24)10-13)25-21(28)12-27-9-8-19-17(11-27)23(29)16-6-5-14(2)15(3)22(16)26-19/h4-7,10H,8-9,11-12H2,1-3H3,(H,25,28)(H,26,29). The van der Waals surface area contributed by atoms with Gasteiger partial charge in [-0.2, -0.15) is 0 Å². The van der Waals surface area contributed by atoms with Gasteiger partial charge in [-0.3, -0.25) is 14.5 Å². The van der Waals surface area contributed by atoms with E-state index in [-0.39, 0.29) is 17.9 Å². The number of hydrogen-bond acceptors (Lipinski definition) is 3. The SMILES string of the molecule is Cc1ccc(NC(=O)CN2CCc3[nH]c4c(C)c(C)ccc4c(=O)c3C2)c(Cl)c1. The van der Waals surface area contributed by atoms with Crippen molar-refractivity contribution in [2.45, 2.75) is 33.7 Å². The third-order valence-corrected chi connectivity index (χ3v) is 6.03. The number of aryl methyl sites for hydroxylation is 3. The molecule has 0 spiro atoms. The number of halogens is 1. The van der Waals surface area contributed by atoms with E-state index in [1.54, 1.807) is 0 Å². The molecule has 2 N–H and O–H groups in total. The van der Waals surface area contributed by atoms with Crippen molar-refractivity contribution < 1.29 is 4.79 Å². The Balaban J connectivity index is 1.54. The van der Waals surface area contributed by atoms with Gasteiger partial charge < -0.3 is 10.3 Å². The van der Waals surface area contributed by atoms with E-state index in [1.165, 1.54) is 0 Å². The van der Waals surface area contributed by atoms with Crippen LogP contribution < -0.4 is 10.7 Å². The van der Waals surface area contributed by atoms with Crippen molar-refractivity contribution >= 4 is 34.1 Å². The van der Waals surface area contributed by atoms with Crippen LogP contribution in [-0.4, -0.2) is 28.9 Å². The summed E-state index contributed by atoms with van der Waals surface area (Å²) in [5, 5.41) is 4.10. The van der Waals surface area contributed by atoms with Crippen LogP contribution in [0.25, 0.3) is 10.9 Å². The largest absolute Gasteiger partial charge is 0.358 e. The number of anilines is 1. The van der Waals surface area contributed by atoms with Crippen LogP contribution >= 0.6 is 11.6 Å². The third-order valence-electron chi connectivity index (χ3n) is 5.72. The zero-order chi connectivity index (χ0) is 20.7. The molecule has 2 heterocycles. The molecule has 1 aliphatic heterocycles. The molecule has 3 aromatic rings. The van der Waals surface area contributed by atoms with Gasteiger partial charge in [0.05, 0.1) is 22.8 Å². The molecule has 29 heavy (non-hydrogen) atoms. The molecule has 0 aliphatic carbocycles. The minimum atomic E-state index is -0.136. The van der Waals surface area contributed by atoms with Crippen molar-refractivity contribution in [1.29, 1.82) is 0 Å². The van der Waals surface area contributed by atoms with Crippen molar-refractivity contribution in [2.24, 2.45) is 0 Å². The first kappa shape index (κ1) is 19.7. The van der Waals surface area contributed by atoms with Crippen molar-refractivity contribution in [1.82, 2.24) is 9.88 Å². The molecular formula is C23H24ClN3O2. The molecular weight excluding hydrogens is 386 g/mol. The second-order valence-electron chi connectivity index (χ2n) is 7.83. The summed E-state index contributed by atoms with van der Waals surface area (Å²) < 4.78 is 0. The average molecular weight is 410 g/mol. The highest BCUT2D eigenvalue weighted by Crippen LogP contribution is 2.24. The van der Waals surface area contributed by atoms with Crippen LogP contribution in [-0.2, 0) is 17.8 Å². The number of carbonyl (C=O) groups is 1. The Morgan fingerprint density at radius 3 is 2.76 bits per heavy atom. The molecule has 0 saturated carbocycles. The van der Waals surface area contributed by atoms with E-state index < -0.39 is 0 Å². The first-order valence-corrected chi connectivity index (χ1v) is 10.1. The Labute approximate surface area is 174 Å². The highest BCUT2D eigenvalue weighted by atomic mass is 35.5. The van der Waals surface area contributed by atoms with Gasteiger partial charge in [0, 0.05) is 36.2 Å². The molecule has 1 aliphatic rings. The molecule has 6 heteroatoms. The number of rotatable bonds is 3. The molecule has 0 saturated heterocycles. The summed E-state index contributed by atoms with van der Waals surface area (Å²) in [5.41, 5.74) is 6.64. The zero-order valence-corrected chi connectivity index (χ0v) is 17.6. The summed E-state index contributed by atoms with van der Waals surface area (Å²) in [6.07, 6.45) is 0.715. The Morgan fingerprint density at radius 2 is 2.00 bits per heavy atom. The van der Waals surface area contributed by atoms with E-state index in [9.17, 15) is 9.59 Å². The lowest BCUT2D eigenvalue weighted by molar-refractivity contribution is -0.117. The van der Waals surface area contributed by atoms with E-state index >= 15 is 0 Å².